The average molecular weight is 302 g/mol. The van der Waals surface area contributed by atoms with Crippen molar-refractivity contribution in [3.05, 3.63) is 89.7 Å². The second-order valence-electron chi connectivity index (χ2n) is 5.00. The van der Waals surface area contributed by atoms with E-state index in [0.717, 1.165) is 0 Å². The van der Waals surface area contributed by atoms with Crippen LogP contribution in [0.3, 0.4) is 0 Å². The lowest BCUT2D eigenvalue weighted by Gasteiger charge is -2.11. The lowest BCUT2D eigenvalue weighted by Crippen LogP contribution is -2.13. The fourth-order valence-corrected chi connectivity index (χ4v) is 2.48. The molecule has 3 aromatic rings. The van der Waals surface area contributed by atoms with Crippen LogP contribution in [0, 0.1) is 0 Å². The Labute approximate surface area is 133 Å². The van der Waals surface area contributed by atoms with Gasteiger partial charge < -0.3 is 5.73 Å². The molecule has 0 spiro atoms. The summed E-state index contributed by atoms with van der Waals surface area (Å²) in [5.41, 5.74) is 7.98. The zero-order valence-corrected chi connectivity index (χ0v) is 12.3. The summed E-state index contributed by atoms with van der Waals surface area (Å²) < 4.78 is 0. The molecule has 1 heterocycles. The smallest absolute Gasteiger partial charge is 0.249 e. The fourth-order valence-electron chi connectivity index (χ4n) is 2.48. The molecule has 1 aromatic heterocycles. The predicted molar refractivity (Wildman–Crippen MR) is 88.1 cm³/mol. The number of primary amides is 1. The van der Waals surface area contributed by atoms with Crippen molar-refractivity contribution in [3.63, 3.8) is 0 Å². The van der Waals surface area contributed by atoms with Crippen molar-refractivity contribution < 1.29 is 9.59 Å². The number of hydrogen-bond donors (Lipinski definition) is 1. The molecule has 3 rings (SSSR count). The second kappa shape index (κ2) is 6.23. The maximum absolute atomic E-state index is 12.7. The Kier molecular flexibility index (Phi) is 3.97. The van der Waals surface area contributed by atoms with Crippen LogP contribution in [0.15, 0.2) is 72.9 Å². The van der Waals surface area contributed by atoms with Gasteiger partial charge in [-0.15, -0.1) is 0 Å². The van der Waals surface area contributed by atoms with Gasteiger partial charge in [-0.2, -0.15) is 0 Å². The number of carbonyl (C=O) groups excluding carboxylic acids is 2. The second-order valence-corrected chi connectivity index (χ2v) is 5.00. The van der Waals surface area contributed by atoms with Gasteiger partial charge in [0, 0.05) is 17.3 Å². The monoisotopic (exact) mass is 302 g/mol. The number of hydrogen-bond acceptors (Lipinski definition) is 3. The van der Waals surface area contributed by atoms with E-state index in [4.69, 9.17) is 5.73 Å². The van der Waals surface area contributed by atoms with Gasteiger partial charge >= 0.3 is 0 Å². The number of rotatable bonds is 4. The molecule has 2 aromatic carbocycles. The molecule has 4 heteroatoms. The van der Waals surface area contributed by atoms with E-state index < -0.39 is 5.91 Å². The van der Waals surface area contributed by atoms with Crippen LogP contribution < -0.4 is 5.73 Å². The number of benzene rings is 2. The number of ketones is 1. The van der Waals surface area contributed by atoms with Gasteiger partial charge in [0.05, 0.1) is 0 Å². The predicted octanol–water partition coefficient (Wildman–Crippen LogP) is 3.08. The van der Waals surface area contributed by atoms with Crippen molar-refractivity contribution in [2.24, 2.45) is 5.73 Å². The van der Waals surface area contributed by atoms with E-state index in [-0.39, 0.29) is 5.78 Å². The van der Waals surface area contributed by atoms with E-state index in [9.17, 15) is 9.59 Å². The Morgan fingerprint density at radius 2 is 1.30 bits per heavy atom. The molecule has 0 aliphatic heterocycles. The van der Waals surface area contributed by atoms with Gasteiger partial charge in [-0.3, -0.25) is 14.6 Å². The summed E-state index contributed by atoms with van der Waals surface area (Å²) in [6, 6.07) is 19.3. The number of nitrogens with zero attached hydrogens (tertiary/aromatic N) is 1. The van der Waals surface area contributed by atoms with Gasteiger partial charge in [0.2, 0.25) is 11.7 Å². The van der Waals surface area contributed by atoms with Gasteiger partial charge in [0.1, 0.15) is 5.69 Å². The standard InChI is InChI=1S/C19H14N2O2/c20-19(23)16-10-4-2-8-14(16)13-7-1-3-9-15(13)18(22)17-11-5-6-12-21-17/h1-12H,(H2,20,23). The summed E-state index contributed by atoms with van der Waals surface area (Å²) in [5, 5.41) is 0. The maximum atomic E-state index is 12.7. The molecule has 4 nitrogen and oxygen atoms in total. The Bertz CT molecular complexity index is 873. The number of aromatic nitrogens is 1. The minimum atomic E-state index is -0.527. The molecule has 0 bridgehead atoms. The van der Waals surface area contributed by atoms with E-state index in [2.05, 4.69) is 4.98 Å². The molecular weight excluding hydrogens is 288 g/mol. The van der Waals surface area contributed by atoms with Gasteiger partial charge in [-0.1, -0.05) is 48.5 Å². The molecular formula is C19H14N2O2. The van der Waals surface area contributed by atoms with Crippen molar-refractivity contribution in [2.75, 3.05) is 0 Å². The molecule has 0 fully saturated rings. The van der Waals surface area contributed by atoms with Crippen LogP contribution in [-0.2, 0) is 0 Å². The van der Waals surface area contributed by atoms with Crippen LogP contribution >= 0.6 is 0 Å². The summed E-state index contributed by atoms with van der Waals surface area (Å²) in [4.78, 5) is 28.5. The number of pyridine rings is 1. The molecule has 23 heavy (non-hydrogen) atoms. The van der Waals surface area contributed by atoms with Crippen LogP contribution in [0.2, 0.25) is 0 Å². The summed E-state index contributed by atoms with van der Waals surface area (Å²) in [5.74, 6) is -0.721. The van der Waals surface area contributed by atoms with Crippen molar-refractivity contribution in [1.82, 2.24) is 4.98 Å². The van der Waals surface area contributed by atoms with Gasteiger partial charge in [0.25, 0.3) is 0 Å². The topological polar surface area (TPSA) is 73.1 Å². The lowest BCUT2D eigenvalue weighted by molar-refractivity contribution is 0.0998. The molecule has 0 aliphatic carbocycles. The molecule has 0 saturated carbocycles. The Morgan fingerprint density at radius 1 is 0.739 bits per heavy atom. The minimum Gasteiger partial charge on any atom is -0.366 e. The highest BCUT2D eigenvalue weighted by Crippen LogP contribution is 2.28. The SMILES string of the molecule is NC(=O)c1ccccc1-c1ccccc1C(=O)c1ccccn1. The Morgan fingerprint density at radius 3 is 1.91 bits per heavy atom. The normalized spacial score (nSPS) is 10.3. The summed E-state index contributed by atoms with van der Waals surface area (Å²) in [6.07, 6.45) is 1.58. The Balaban J connectivity index is 2.17. The largest absolute Gasteiger partial charge is 0.366 e. The molecule has 112 valence electrons. The number of amides is 1. The lowest BCUT2D eigenvalue weighted by atomic mass is 9.92. The molecule has 0 saturated heterocycles. The first-order chi connectivity index (χ1) is 11.2. The van der Waals surface area contributed by atoms with Crippen LogP contribution in [0.25, 0.3) is 11.1 Å². The van der Waals surface area contributed by atoms with Crippen molar-refractivity contribution >= 4 is 11.7 Å². The van der Waals surface area contributed by atoms with E-state index >= 15 is 0 Å². The van der Waals surface area contributed by atoms with Crippen LogP contribution in [0.1, 0.15) is 26.4 Å². The van der Waals surface area contributed by atoms with Crippen molar-refractivity contribution in [1.29, 1.82) is 0 Å². The summed E-state index contributed by atoms with van der Waals surface area (Å²) in [7, 11) is 0. The highest BCUT2D eigenvalue weighted by atomic mass is 16.1. The fraction of sp³-hybridized carbons (Fsp3) is 0. The first-order valence-electron chi connectivity index (χ1n) is 7.12. The third-order valence-electron chi connectivity index (χ3n) is 3.55. The third-order valence-corrected chi connectivity index (χ3v) is 3.55. The van der Waals surface area contributed by atoms with Gasteiger partial charge in [0.15, 0.2) is 0 Å². The molecule has 0 atom stereocenters. The molecule has 2 N–H and O–H groups in total. The van der Waals surface area contributed by atoms with Crippen LogP contribution in [-0.4, -0.2) is 16.7 Å². The first-order valence-corrected chi connectivity index (χ1v) is 7.12. The quantitative estimate of drug-likeness (QED) is 0.753. The van der Waals surface area contributed by atoms with Gasteiger partial charge in [-0.25, -0.2) is 0 Å². The summed E-state index contributed by atoms with van der Waals surface area (Å²) in [6.45, 7) is 0. The van der Waals surface area contributed by atoms with Crippen molar-refractivity contribution in [2.45, 2.75) is 0 Å². The highest BCUT2D eigenvalue weighted by Gasteiger charge is 2.18. The zero-order valence-electron chi connectivity index (χ0n) is 12.3. The minimum absolute atomic E-state index is 0.194. The van der Waals surface area contributed by atoms with Crippen LogP contribution in [0.4, 0.5) is 0 Å². The van der Waals surface area contributed by atoms with E-state index in [1.807, 2.05) is 12.1 Å². The third kappa shape index (κ3) is 2.87. The molecule has 0 unspecified atom stereocenters. The van der Waals surface area contributed by atoms with E-state index in [1.54, 1.807) is 60.8 Å². The van der Waals surface area contributed by atoms with Crippen molar-refractivity contribution in [3.8, 4) is 11.1 Å². The van der Waals surface area contributed by atoms with E-state index in [0.29, 0.717) is 27.9 Å². The average Bonchev–Trinajstić information content (AvgIpc) is 2.62. The molecule has 0 radical (unpaired) electrons. The first kappa shape index (κ1) is 14.7. The Hall–Kier alpha value is -3.27. The highest BCUT2D eigenvalue weighted by molar-refractivity contribution is 6.13. The molecule has 0 aliphatic rings. The molecule has 1 amide bonds. The van der Waals surface area contributed by atoms with Gasteiger partial charge in [-0.05, 0) is 29.3 Å². The maximum Gasteiger partial charge on any atom is 0.249 e. The zero-order chi connectivity index (χ0) is 16.2. The number of carbonyl (C=O) groups is 2. The summed E-state index contributed by atoms with van der Waals surface area (Å²) >= 11 is 0. The number of nitrogens with two attached hydrogens (primary N) is 1. The van der Waals surface area contributed by atoms with E-state index in [1.165, 1.54) is 0 Å². The van der Waals surface area contributed by atoms with Crippen LogP contribution in [0.5, 0.6) is 0 Å².